The Morgan fingerprint density at radius 1 is 1.23 bits per heavy atom. The van der Waals surface area contributed by atoms with Gasteiger partial charge in [0.05, 0.1) is 43.2 Å². The quantitative estimate of drug-likeness (QED) is 0.185. The molecule has 2 aliphatic heterocycles. The lowest BCUT2D eigenvalue weighted by Crippen LogP contribution is -2.84. The summed E-state index contributed by atoms with van der Waals surface area (Å²) in [4.78, 5) is 27.4. The van der Waals surface area contributed by atoms with Gasteiger partial charge in [0.2, 0.25) is 5.91 Å². The van der Waals surface area contributed by atoms with Crippen LogP contribution in [0.4, 0.5) is 4.79 Å². The van der Waals surface area contributed by atoms with Crippen molar-refractivity contribution in [2.24, 2.45) is 28.7 Å². The van der Waals surface area contributed by atoms with E-state index < -0.39 is 23.3 Å². The summed E-state index contributed by atoms with van der Waals surface area (Å²) in [6, 6.07) is 3.91. The predicted octanol–water partition coefficient (Wildman–Crippen LogP) is 2.83. The van der Waals surface area contributed by atoms with Crippen molar-refractivity contribution in [2.45, 2.75) is 113 Å². The predicted molar refractivity (Wildman–Crippen MR) is 182 cm³/mol. The van der Waals surface area contributed by atoms with Gasteiger partial charge in [-0.15, -0.1) is 0 Å². The summed E-state index contributed by atoms with van der Waals surface area (Å²) in [5.74, 6) is 1.60. The van der Waals surface area contributed by atoms with Crippen LogP contribution in [0.1, 0.15) is 82.8 Å². The SMILES string of the molecule is CO[C@]12CC[C@@]3(C[C@@H]1C(C)(C)O)[C@@H]1Cc4ccc(OC(=O)N(C)CCNC(=O)[C@@H](N)CCCCN)c5c4[C@@]3(CC[N+]1(C)CC1CC1)[C@H]2O5. The number of likely N-dealkylation sites (tertiary alicyclic amines) is 1. The molecule has 1 unspecified atom stereocenters. The molecule has 11 heteroatoms. The molecule has 4 saturated carbocycles. The van der Waals surface area contributed by atoms with E-state index in [1.807, 2.05) is 19.9 Å². The number of hydrogen-bond acceptors (Lipinski definition) is 8. The number of carbonyl (C=O) groups is 2. The monoisotopic (exact) mass is 668 g/mol. The number of rotatable bonds is 13. The highest BCUT2D eigenvalue weighted by Crippen LogP contribution is 2.78. The number of aliphatic hydroxyl groups is 1. The van der Waals surface area contributed by atoms with Gasteiger partial charge >= 0.3 is 6.09 Å². The van der Waals surface area contributed by atoms with Gasteiger partial charge in [0.1, 0.15) is 11.7 Å². The van der Waals surface area contributed by atoms with Crippen molar-refractivity contribution in [3.63, 3.8) is 0 Å². The van der Waals surface area contributed by atoms with E-state index in [-0.39, 0.29) is 41.8 Å². The second kappa shape index (κ2) is 11.8. The fraction of sp³-hybridized carbons (Fsp3) is 0.784. The minimum atomic E-state index is -0.945. The third-order valence-corrected chi connectivity index (χ3v) is 13.8. The van der Waals surface area contributed by atoms with Gasteiger partial charge < -0.3 is 45.5 Å². The number of benzene rings is 1. The van der Waals surface area contributed by atoms with Crippen LogP contribution in [0.2, 0.25) is 0 Å². The van der Waals surface area contributed by atoms with E-state index in [0.717, 1.165) is 61.9 Å². The molecule has 6 N–H and O–H groups in total. The van der Waals surface area contributed by atoms with Crippen LogP contribution in [0.15, 0.2) is 12.1 Å². The second-order valence-corrected chi connectivity index (χ2v) is 16.9. The average Bonchev–Trinajstić information content (AvgIpc) is 3.78. The zero-order chi connectivity index (χ0) is 34.3. The lowest BCUT2D eigenvalue weighted by atomic mass is 9.33. The van der Waals surface area contributed by atoms with Gasteiger partial charge in [-0.1, -0.05) is 12.5 Å². The zero-order valence-corrected chi connectivity index (χ0v) is 29.7. The van der Waals surface area contributed by atoms with Gasteiger partial charge in [0.25, 0.3) is 0 Å². The molecule has 1 aromatic rings. The van der Waals surface area contributed by atoms with Crippen molar-refractivity contribution < 1.29 is 33.4 Å². The fourth-order valence-electron chi connectivity index (χ4n) is 11.4. The van der Waals surface area contributed by atoms with Crippen molar-refractivity contribution in [2.75, 3.05) is 53.9 Å². The number of carbonyl (C=O) groups excluding carboxylic acids is 2. The van der Waals surface area contributed by atoms with Gasteiger partial charge in [-0.25, -0.2) is 4.79 Å². The molecule has 7 aliphatic rings. The Labute approximate surface area is 285 Å². The maximum Gasteiger partial charge on any atom is 0.415 e. The number of unbranched alkanes of at least 4 members (excludes halogenated alkanes) is 1. The summed E-state index contributed by atoms with van der Waals surface area (Å²) < 4.78 is 20.9. The fourth-order valence-corrected chi connectivity index (χ4v) is 11.4. The Bertz CT molecular complexity index is 1450. The first-order chi connectivity index (χ1) is 22.8. The molecule has 266 valence electrons. The molecule has 2 amide bonds. The van der Waals surface area contributed by atoms with Crippen molar-refractivity contribution in [3.8, 4) is 11.5 Å². The molecule has 8 atom stereocenters. The Morgan fingerprint density at radius 2 is 2.00 bits per heavy atom. The molecule has 1 saturated heterocycles. The number of likely N-dealkylation sites (N-methyl/N-ethyl adjacent to an activating group) is 2. The Kier molecular flexibility index (Phi) is 8.38. The van der Waals surface area contributed by atoms with E-state index in [2.05, 4.69) is 18.4 Å². The number of methoxy groups -OCH3 is 1. The normalized spacial score (nSPS) is 36.2. The van der Waals surface area contributed by atoms with E-state index in [9.17, 15) is 14.7 Å². The molecule has 4 bridgehead atoms. The van der Waals surface area contributed by atoms with E-state index >= 15 is 0 Å². The standard InChI is InChI=1S/C37H57N5O6/c1-34(2,45)27-21-35-13-14-37(27,46-5)32-36(35)15-19-42(4,22-23-9-10-23)28(35)20-24-11-12-26(30(48-32)29(24)36)47-33(44)41(3)18-17-40-31(43)25(39)8-6-7-16-38/h11-12,23,25,27-28,32,45H,6-10,13-22,38-39H2,1-5H3/p+1/t25-,27+,28-,32+,35+,36-,37+,42?/m0/s1. The maximum absolute atomic E-state index is 13.5. The molecule has 2 spiro atoms. The number of amides is 2. The number of quaternary nitrogens is 1. The summed E-state index contributed by atoms with van der Waals surface area (Å²) >= 11 is 0. The van der Waals surface area contributed by atoms with Crippen molar-refractivity contribution >= 4 is 12.0 Å². The highest BCUT2D eigenvalue weighted by atomic mass is 16.6. The minimum Gasteiger partial charge on any atom is -0.482 e. The highest BCUT2D eigenvalue weighted by molar-refractivity contribution is 5.81. The lowest BCUT2D eigenvalue weighted by Gasteiger charge is -2.75. The van der Waals surface area contributed by atoms with Crippen LogP contribution in [-0.4, -0.2) is 110 Å². The minimum absolute atomic E-state index is 0.0500. The largest absolute Gasteiger partial charge is 0.482 e. The Hall–Kier alpha value is -2.44. The van der Waals surface area contributed by atoms with Gasteiger partial charge in [-0.05, 0) is 77.0 Å². The number of nitrogens with two attached hydrogens (primary N) is 2. The molecule has 5 fully saturated rings. The number of piperidine rings is 1. The topological polar surface area (TPSA) is 149 Å². The first-order valence-corrected chi connectivity index (χ1v) is 18.4. The summed E-state index contributed by atoms with van der Waals surface area (Å²) in [5.41, 5.74) is 12.2. The first kappa shape index (κ1) is 34.0. The number of hydrogen-bond donors (Lipinski definition) is 4. The van der Waals surface area contributed by atoms with Crippen LogP contribution in [0, 0.1) is 17.3 Å². The molecular formula is C37H58N5O6+. The Balaban J connectivity index is 1.17. The van der Waals surface area contributed by atoms with Crippen molar-refractivity contribution in [1.29, 1.82) is 0 Å². The number of fused-ring (bicyclic) bond motifs is 2. The highest BCUT2D eigenvalue weighted by Gasteiger charge is 2.84. The smallest absolute Gasteiger partial charge is 0.415 e. The third kappa shape index (κ3) is 4.93. The van der Waals surface area contributed by atoms with Crippen LogP contribution in [0.5, 0.6) is 11.5 Å². The first-order valence-electron chi connectivity index (χ1n) is 18.4. The summed E-state index contributed by atoms with van der Waals surface area (Å²) in [7, 11) is 5.95. The second-order valence-electron chi connectivity index (χ2n) is 16.9. The molecule has 5 aliphatic carbocycles. The molecule has 0 radical (unpaired) electrons. The summed E-state index contributed by atoms with van der Waals surface area (Å²) in [5, 5.41) is 14.6. The molecule has 8 rings (SSSR count). The number of ether oxygens (including phenoxy) is 3. The lowest BCUT2D eigenvalue weighted by molar-refractivity contribution is -0.952. The van der Waals surface area contributed by atoms with Gasteiger partial charge in [-0.3, -0.25) is 4.79 Å². The molecule has 48 heavy (non-hydrogen) atoms. The van der Waals surface area contributed by atoms with Gasteiger partial charge in [0, 0.05) is 62.9 Å². The van der Waals surface area contributed by atoms with Crippen LogP contribution in [0.3, 0.4) is 0 Å². The summed E-state index contributed by atoms with van der Waals surface area (Å²) in [6.45, 7) is 7.31. The van der Waals surface area contributed by atoms with Gasteiger partial charge in [0.15, 0.2) is 11.5 Å². The Morgan fingerprint density at radius 3 is 2.69 bits per heavy atom. The van der Waals surface area contributed by atoms with E-state index in [0.29, 0.717) is 30.5 Å². The molecule has 2 heterocycles. The molecule has 0 aromatic heterocycles. The van der Waals surface area contributed by atoms with E-state index in [1.165, 1.54) is 35.4 Å². The third-order valence-electron chi connectivity index (χ3n) is 13.8. The van der Waals surface area contributed by atoms with Gasteiger partial charge in [-0.2, -0.15) is 0 Å². The van der Waals surface area contributed by atoms with Crippen LogP contribution in [-0.2, 0) is 21.4 Å². The van der Waals surface area contributed by atoms with Crippen molar-refractivity contribution in [3.05, 3.63) is 23.3 Å². The average molecular weight is 669 g/mol. The molecular weight excluding hydrogens is 610 g/mol. The maximum atomic E-state index is 13.5. The molecule has 11 nitrogen and oxygen atoms in total. The summed E-state index contributed by atoms with van der Waals surface area (Å²) in [6.07, 6.45) is 8.84. The zero-order valence-electron chi connectivity index (χ0n) is 29.7. The van der Waals surface area contributed by atoms with Crippen LogP contribution in [0.25, 0.3) is 0 Å². The van der Waals surface area contributed by atoms with E-state index in [4.69, 9.17) is 25.7 Å². The van der Waals surface area contributed by atoms with Crippen LogP contribution >= 0.6 is 0 Å². The number of nitrogens with one attached hydrogen (secondary N) is 1. The van der Waals surface area contributed by atoms with Crippen LogP contribution < -0.4 is 26.3 Å². The number of nitrogens with zero attached hydrogens (tertiary/aromatic N) is 2. The van der Waals surface area contributed by atoms with Crippen molar-refractivity contribution in [1.82, 2.24) is 10.2 Å². The van der Waals surface area contributed by atoms with E-state index in [1.54, 1.807) is 14.2 Å². The molecule has 1 aromatic carbocycles.